The molecular weight excluding hydrogens is 288 g/mol. The van der Waals surface area contributed by atoms with Gasteiger partial charge in [-0.25, -0.2) is 0 Å². The lowest BCUT2D eigenvalue weighted by molar-refractivity contribution is -0.124. The lowest BCUT2D eigenvalue weighted by Gasteiger charge is -2.27. The number of carbonyl (C=O) groups excluding carboxylic acids is 2. The van der Waals surface area contributed by atoms with Crippen molar-refractivity contribution in [2.24, 2.45) is 5.92 Å². The van der Waals surface area contributed by atoms with Crippen LogP contribution in [0.2, 0.25) is 0 Å². The van der Waals surface area contributed by atoms with E-state index in [-0.39, 0.29) is 23.8 Å². The Bertz CT molecular complexity index is 548. The first-order valence-electron chi connectivity index (χ1n) is 8.65. The lowest BCUT2D eigenvalue weighted by atomic mass is 9.94. The van der Waals surface area contributed by atoms with Gasteiger partial charge in [-0.15, -0.1) is 0 Å². The number of hydrogen-bond donors (Lipinski definition) is 2. The minimum Gasteiger partial charge on any atom is -0.352 e. The lowest BCUT2D eigenvalue weighted by Crippen LogP contribution is -2.52. The molecule has 2 rings (SSSR count). The second kappa shape index (κ2) is 8.14. The molecule has 0 radical (unpaired) electrons. The van der Waals surface area contributed by atoms with Crippen molar-refractivity contribution in [1.29, 1.82) is 0 Å². The number of benzene rings is 1. The molecule has 1 atom stereocenters. The largest absolute Gasteiger partial charge is 0.352 e. The van der Waals surface area contributed by atoms with Crippen molar-refractivity contribution in [3.63, 3.8) is 0 Å². The summed E-state index contributed by atoms with van der Waals surface area (Å²) in [5, 5.41) is 6.01. The molecule has 0 aromatic heterocycles. The second-order valence-electron chi connectivity index (χ2n) is 6.91. The van der Waals surface area contributed by atoms with Gasteiger partial charge in [-0.2, -0.15) is 0 Å². The Labute approximate surface area is 139 Å². The summed E-state index contributed by atoms with van der Waals surface area (Å²) < 4.78 is 0. The molecule has 0 heterocycles. The Morgan fingerprint density at radius 1 is 1.13 bits per heavy atom. The fourth-order valence-corrected chi connectivity index (χ4v) is 3.08. The molecule has 126 valence electrons. The van der Waals surface area contributed by atoms with E-state index in [9.17, 15) is 9.59 Å². The van der Waals surface area contributed by atoms with E-state index in [0.717, 1.165) is 18.4 Å². The van der Waals surface area contributed by atoms with Crippen molar-refractivity contribution in [1.82, 2.24) is 10.6 Å². The molecule has 2 N–H and O–H groups in total. The smallest absolute Gasteiger partial charge is 0.251 e. The third-order valence-corrected chi connectivity index (χ3v) is 4.47. The fraction of sp³-hybridized carbons (Fsp3) is 0.579. The second-order valence-corrected chi connectivity index (χ2v) is 6.91. The van der Waals surface area contributed by atoms with Gasteiger partial charge in [0.2, 0.25) is 5.91 Å². The van der Waals surface area contributed by atoms with Crippen LogP contribution in [0.15, 0.2) is 24.3 Å². The quantitative estimate of drug-likeness (QED) is 0.876. The number of hydrogen-bond acceptors (Lipinski definition) is 2. The van der Waals surface area contributed by atoms with Crippen molar-refractivity contribution in [2.75, 3.05) is 0 Å². The average molecular weight is 316 g/mol. The van der Waals surface area contributed by atoms with Gasteiger partial charge >= 0.3 is 0 Å². The minimum absolute atomic E-state index is 0.0485. The van der Waals surface area contributed by atoms with Crippen LogP contribution >= 0.6 is 0 Å². The van der Waals surface area contributed by atoms with Crippen molar-refractivity contribution < 1.29 is 9.59 Å². The number of carbonyl (C=O) groups is 2. The van der Waals surface area contributed by atoms with Crippen LogP contribution in [0.25, 0.3) is 0 Å². The van der Waals surface area contributed by atoms with Crippen LogP contribution in [0, 0.1) is 12.8 Å². The van der Waals surface area contributed by atoms with Gasteiger partial charge in [0.25, 0.3) is 5.91 Å². The maximum absolute atomic E-state index is 12.6. The van der Waals surface area contributed by atoms with Crippen LogP contribution < -0.4 is 10.6 Å². The van der Waals surface area contributed by atoms with Gasteiger partial charge in [0.1, 0.15) is 6.04 Å². The molecule has 1 aliphatic carbocycles. The summed E-state index contributed by atoms with van der Waals surface area (Å²) in [6.45, 7) is 5.87. The van der Waals surface area contributed by atoms with Crippen molar-refractivity contribution in [2.45, 2.75) is 65.0 Å². The van der Waals surface area contributed by atoms with Crippen LogP contribution in [-0.2, 0) is 4.79 Å². The summed E-state index contributed by atoms with van der Waals surface area (Å²) in [4.78, 5) is 25.0. The first kappa shape index (κ1) is 17.5. The number of nitrogens with one attached hydrogen (secondary N) is 2. The summed E-state index contributed by atoms with van der Waals surface area (Å²) in [5.41, 5.74) is 1.63. The van der Waals surface area contributed by atoms with Crippen molar-refractivity contribution in [3.8, 4) is 0 Å². The predicted molar refractivity (Wildman–Crippen MR) is 92.3 cm³/mol. The summed E-state index contributed by atoms with van der Waals surface area (Å²) in [6.07, 6.45) is 5.69. The molecule has 1 fully saturated rings. The van der Waals surface area contributed by atoms with Gasteiger partial charge in [-0.3, -0.25) is 9.59 Å². The first-order chi connectivity index (χ1) is 11.0. The number of rotatable bonds is 5. The van der Waals surface area contributed by atoms with E-state index in [4.69, 9.17) is 0 Å². The van der Waals surface area contributed by atoms with Gasteiger partial charge in [-0.1, -0.05) is 50.8 Å². The molecule has 0 saturated heterocycles. The van der Waals surface area contributed by atoms with Gasteiger partial charge in [-0.05, 0) is 37.8 Å². The maximum Gasteiger partial charge on any atom is 0.251 e. The van der Waals surface area contributed by atoms with Crippen LogP contribution in [0.4, 0.5) is 0 Å². The van der Waals surface area contributed by atoms with Crippen LogP contribution in [0.3, 0.4) is 0 Å². The predicted octanol–water partition coefficient (Wildman–Crippen LogP) is 3.20. The monoisotopic (exact) mass is 316 g/mol. The highest BCUT2D eigenvalue weighted by Crippen LogP contribution is 2.18. The topological polar surface area (TPSA) is 58.2 Å². The van der Waals surface area contributed by atoms with Gasteiger partial charge in [0.05, 0.1) is 0 Å². The maximum atomic E-state index is 12.6. The highest BCUT2D eigenvalue weighted by atomic mass is 16.2. The third-order valence-electron chi connectivity index (χ3n) is 4.47. The highest BCUT2D eigenvalue weighted by molar-refractivity contribution is 5.97. The fourth-order valence-electron chi connectivity index (χ4n) is 3.08. The van der Waals surface area contributed by atoms with Gasteiger partial charge < -0.3 is 10.6 Å². The molecule has 2 amide bonds. The molecule has 4 nitrogen and oxygen atoms in total. The van der Waals surface area contributed by atoms with E-state index < -0.39 is 6.04 Å². The summed E-state index contributed by atoms with van der Waals surface area (Å²) in [5.74, 6) is -0.202. The molecule has 1 aliphatic rings. The molecule has 1 saturated carbocycles. The molecular formula is C19H28N2O2. The normalized spacial score (nSPS) is 16.9. The van der Waals surface area contributed by atoms with Crippen molar-refractivity contribution >= 4 is 11.8 Å². The van der Waals surface area contributed by atoms with Gasteiger partial charge in [0.15, 0.2) is 0 Å². The standard InChI is InChI=1S/C19H28N2O2/c1-13(2)17(19(23)20-16-10-5-4-6-11-16)21-18(22)15-9-7-8-14(3)12-15/h7-9,12-13,16-17H,4-6,10-11H2,1-3H3,(H,20,23)(H,21,22). The number of aryl methyl sites for hydroxylation is 1. The Morgan fingerprint density at radius 3 is 2.43 bits per heavy atom. The van der Waals surface area contributed by atoms with Crippen molar-refractivity contribution in [3.05, 3.63) is 35.4 Å². The average Bonchev–Trinajstić information content (AvgIpc) is 2.52. The molecule has 1 aromatic rings. The van der Waals surface area contributed by atoms with E-state index in [2.05, 4.69) is 10.6 Å². The summed E-state index contributed by atoms with van der Waals surface area (Å²) >= 11 is 0. The van der Waals surface area contributed by atoms with E-state index in [0.29, 0.717) is 5.56 Å². The SMILES string of the molecule is Cc1cccc(C(=O)NC(C(=O)NC2CCCCC2)C(C)C)c1. The zero-order valence-corrected chi connectivity index (χ0v) is 14.4. The van der Waals surface area contributed by atoms with E-state index >= 15 is 0 Å². The van der Waals surface area contributed by atoms with E-state index in [1.54, 1.807) is 6.07 Å². The Hall–Kier alpha value is -1.84. The molecule has 4 heteroatoms. The zero-order valence-electron chi connectivity index (χ0n) is 14.4. The summed E-state index contributed by atoms with van der Waals surface area (Å²) in [6, 6.07) is 7.19. The van der Waals surface area contributed by atoms with Crippen LogP contribution in [0.1, 0.15) is 61.9 Å². The third kappa shape index (κ3) is 5.08. The zero-order chi connectivity index (χ0) is 16.8. The molecule has 0 spiro atoms. The van der Waals surface area contributed by atoms with E-state index in [1.165, 1.54) is 19.3 Å². The molecule has 1 unspecified atom stereocenters. The summed E-state index contributed by atoms with van der Waals surface area (Å²) in [7, 11) is 0. The highest BCUT2D eigenvalue weighted by Gasteiger charge is 2.27. The van der Waals surface area contributed by atoms with Crippen LogP contribution in [-0.4, -0.2) is 23.9 Å². The minimum atomic E-state index is -0.495. The van der Waals surface area contributed by atoms with Gasteiger partial charge in [0, 0.05) is 11.6 Å². The molecule has 1 aromatic carbocycles. The molecule has 0 aliphatic heterocycles. The Balaban J connectivity index is 2.00. The number of amides is 2. The van der Waals surface area contributed by atoms with E-state index in [1.807, 2.05) is 39.0 Å². The first-order valence-corrected chi connectivity index (χ1v) is 8.65. The Morgan fingerprint density at radius 2 is 1.83 bits per heavy atom. The molecule has 0 bridgehead atoms. The van der Waals surface area contributed by atoms with Crippen LogP contribution in [0.5, 0.6) is 0 Å². The molecule has 23 heavy (non-hydrogen) atoms. The Kier molecular flexibility index (Phi) is 6.20.